The van der Waals surface area contributed by atoms with Gasteiger partial charge in [0, 0.05) is 18.2 Å². The van der Waals surface area contributed by atoms with E-state index in [0.29, 0.717) is 12.8 Å². The zero-order valence-corrected chi connectivity index (χ0v) is 10.2. The normalized spacial score (nSPS) is 9.89. The van der Waals surface area contributed by atoms with Crippen LogP contribution >= 0.6 is 0 Å². The first kappa shape index (κ1) is 14.2. The lowest BCUT2D eigenvalue weighted by molar-refractivity contribution is -0.123. The molecule has 0 aliphatic rings. The molecule has 1 N–H and O–H groups in total. The highest BCUT2D eigenvalue weighted by atomic mass is 19.1. The predicted molar refractivity (Wildman–Crippen MR) is 65.2 cm³/mol. The Morgan fingerprint density at radius 1 is 1.44 bits per heavy atom. The summed E-state index contributed by atoms with van der Waals surface area (Å²) in [6, 6.07) is 3.61. The van der Waals surface area contributed by atoms with E-state index in [1.807, 2.05) is 6.92 Å². The van der Waals surface area contributed by atoms with Crippen molar-refractivity contribution in [3.8, 4) is 5.75 Å². The molecular weight excluding hydrogens is 237 g/mol. The van der Waals surface area contributed by atoms with Crippen LogP contribution in [0.3, 0.4) is 0 Å². The third-order valence-electron chi connectivity index (χ3n) is 2.25. The molecule has 0 atom stereocenters. The van der Waals surface area contributed by atoms with Crippen molar-refractivity contribution in [1.82, 2.24) is 5.32 Å². The molecule has 5 heteroatoms. The Morgan fingerprint density at radius 3 is 2.89 bits per heavy atom. The lowest BCUT2D eigenvalue weighted by Crippen LogP contribution is -2.29. The van der Waals surface area contributed by atoms with Gasteiger partial charge in [0.2, 0.25) is 0 Å². The van der Waals surface area contributed by atoms with Gasteiger partial charge in [0.1, 0.15) is 17.9 Å². The van der Waals surface area contributed by atoms with E-state index in [9.17, 15) is 14.0 Å². The first-order chi connectivity index (χ1) is 8.65. The number of benzene rings is 1. The third kappa shape index (κ3) is 4.95. The van der Waals surface area contributed by atoms with E-state index in [1.54, 1.807) is 0 Å². The summed E-state index contributed by atoms with van der Waals surface area (Å²) in [5.74, 6) is -0.663. The molecule has 1 aromatic carbocycles. The number of hydrogen-bond acceptors (Lipinski definition) is 3. The Kier molecular flexibility index (Phi) is 5.84. The Labute approximate surface area is 105 Å². The van der Waals surface area contributed by atoms with E-state index in [-0.39, 0.29) is 23.8 Å². The maximum Gasteiger partial charge on any atom is 0.257 e. The monoisotopic (exact) mass is 253 g/mol. The van der Waals surface area contributed by atoms with E-state index in [2.05, 4.69) is 5.32 Å². The fourth-order valence-electron chi connectivity index (χ4n) is 1.34. The van der Waals surface area contributed by atoms with Crippen molar-refractivity contribution in [1.29, 1.82) is 0 Å². The number of nitrogens with one attached hydrogen (secondary N) is 1. The number of rotatable bonds is 7. The molecule has 0 bridgehead atoms. The van der Waals surface area contributed by atoms with Crippen LogP contribution in [-0.4, -0.2) is 25.3 Å². The number of aldehydes is 1. The van der Waals surface area contributed by atoms with Crippen molar-refractivity contribution in [3.05, 3.63) is 29.6 Å². The maximum absolute atomic E-state index is 13.0. The van der Waals surface area contributed by atoms with Crippen LogP contribution in [0.5, 0.6) is 5.75 Å². The van der Waals surface area contributed by atoms with Gasteiger partial charge >= 0.3 is 0 Å². The molecule has 0 aliphatic heterocycles. The molecule has 4 nitrogen and oxygen atoms in total. The van der Waals surface area contributed by atoms with Crippen LogP contribution < -0.4 is 10.1 Å². The molecule has 98 valence electrons. The molecule has 0 fully saturated rings. The summed E-state index contributed by atoms with van der Waals surface area (Å²) in [5, 5.41) is 2.67. The smallest absolute Gasteiger partial charge is 0.257 e. The summed E-state index contributed by atoms with van der Waals surface area (Å²) in [6.07, 6.45) is 2.42. The average molecular weight is 253 g/mol. The highest BCUT2D eigenvalue weighted by molar-refractivity contribution is 5.78. The minimum Gasteiger partial charge on any atom is -0.484 e. The second-order valence-electron chi connectivity index (χ2n) is 3.83. The number of carbonyl (C=O) groups excluding carboxylic acids is 2. The van der Waals surface area contributed by atoms with Crippen molar-refractivity contribution in [2.24, 2.45) is 0 Å². The van der Waals surface area contributed by atoms with Crippen LogP contribution in [0.25, 0.3) is 0 Å². The first-order valence-electron chi connectivity index (χ1n) is 5.81. The Bertz CT molecular complexity index is 421. The van der Waals surface area contributed by atoms with Gasteiger partial charge in [-0.25, -0.2) is 4.39 Å². The van der Waals surface area contributed by atoms with Crippen LogP contribution in [0, 0.1) is 5.82 Å². The fraction of sp³-hybridized carbons (Fsp3) is 0.385. The highest BCUT2D eigenvalue weighted by Gasteiger charge is 2.04. The molecule has 1 amide bonds. The zero-order chi connectivity index (χ0) is 13.4. The molecule has 18 heavy (non-hydrogen) atoms. The average Bonchev–Trinajstić information content (AvgIpc) is 2.36. The van der Waals surface area contributed by atoms with Crippen LogP contribution in [0.1, 0.15) is 30.1 Å². The van der Waals surface area contributed by atoms with Crippen molar-refractivity contribution in [2.75, 3.05) is 13.2 Å². The Hall–Kier alpha value is -1.91. The third-order valence-corrected chi connectivity index (χ3v) is 2.25. The number of unbranched alkanes of at least 4 members (excludes halogenated alkanes) is 1. The number of amides is 1. The standard InChI is InChI=1S/C13H16FNO3/c1-2-3-4-15-13(17)9-18-12-6-10(8-16)5-11(14)7-12/h5-8H,2-4,9H2,1H3,(H,15,17). The van der Waals surface area contributed by atoms with Crippen molar-refractivity contribution < 1.29 is 18.7 Å². The van der Waals surface area contributed by atoms with Gasteiger partial charge in [-0.15, -0.1) is 0 Å². The van der Waals surface area contributed by atoms with Gasteiger partial charge in [-0.05, 0) is 18.6 Å². The number of carbonyl (C=O) groups is 2. The number of halogens is 1. The van der Waals surface area contributed by atoms with Crippen molar-refractivity contribution >= 4 is 12.2 Å². The largest absolute Gasteiger partial charge is 0.484 e. The van der Waals surface area contributed by atoms with Crippen molar-refractivity contribution in [2.45, 2.75) is 19.8 Å². The molecule has 1 aromatic rings. The Morgan fingerprint density at radius 2 is 2.22 bits per heavy atom. The van der Waals surface area contributed by atoms with Gasteiger partial charge in [0.15, 0.2) is 6.61 Å². The van der Waals surface area contributed by atoms with E-state index >= 15 is 0 Å². The molecule has 0 heterocycles. The molecule has 1 rings (SSSR count). The summed E-state index contributed by atoms with van der Waals surface area (Å²) < 4.78 is 18.2. The van der Waals surface area contributed by atoms with Crippen LogP contribution in [0.4, 0.5) is 4.39 Å². The van der Waals surface area contributed by atoms with E-state index in [0.717, 1.165) is 25.0 Å². The lowest BCUT2D eigenvalue weighted by atomic mass is 10.2. The second kappa shape index (κ2) is 7.42. The second-order valence-corrected chi connectivity index (χ2v) is 3.83. The van der Waals surface area contributed by atoms with Crippen LogP contribution in [0.2, 0.25) is 0 Å². The number of hydrogen-bond donors (Lipinski definition) is 1. The summed E-state index contributed by atoms with van der Waals surface area (Å²) in [4.78, 5) is 21.9. The van der Waals surface area contributed by atoms with Crippen molar-refractivity contribution in [3.63, 3.8) is 0 Å². The molecule has 0 saturated carbocycles. The topological polar surface area (TPSA) is 55.4 Å². The van der Waals surface area contributed by atoms with Gasteiger partial charge in [0.25, 0.3) is 5.91 Å². The van der Waals surface area contributed by atoms with Crippen LogP contribution in [-0.2, 0) is 4.79 Å². The van der Waals surface area contributed by atoms with E-state index in [4.69, 9.17) is 4.74 Å². The van der Waals surface area contributed by atoms with Gasteiger partial charge in [-0.3, -0.25) is 9.59 Å². The van der Waals surface area contributed by atoms with Gasteiger partial charge in [-0.2, -0.15) is 0 Å². The number of ether oxygens (including phenoxy) is 1. The molecule has 0 saturated heterocycles. The zero-order valence-electron chi connectivity index (χ0n) is 10.2. The SMILES string of the molecule is CCCCNC(=O)COc1cc(F)cc(C=O)c1. The van der Waals surface area contributed by atoms with Crippen LogP contribution in [0.15, 0.2) is 18.2 Å². The molecule has 0 spiro atoms. The molecular formula is C13H16FNO3. The summed E-state index contributed by atoms with van der Waals surface area (Å²) >= 11 is 0. The van der Waals surface area contributed by atoms with Gasteiger partial charge in [0.05, 0.1) is 0 Å². The first-order valence-corrected chi connectivity index (χ1v) is 5.81. The predicted octanol–water partition coefficient (Wildman–Crippen LogP) is 1.93. The summed E-state index contributed by atoms with van der Waals surface area (Å²) in [6.45, 7) is 2.43. The summed E-state index contributed by atoms with van der Waals surface area (Å²) in [5.41, 5.74) is 0.177. The lowest BCUT2D eigenvalue weighted by Gasteiger charge is -2.07. The van der Waals surface area contributed by atoms with Gasteiger partial charge in [-0.1, -0.05) is 13.3 Å². The fourth-order valence-corrected chi connectivity index (χ4v) is 1.34. The summed E-state index contributed by atoms with van der Waals surface area (Å²) in [7, 11) is 0. The molecule has 0 aromatic heterocycles. The molecule has 0 unspecified atom stereocenters. The van der Waals surface area contributed by atoms with E-state index < -0.39 is 5.82 Å². The quantitative estimate of drug-likeness (QED) is 0.596. The minimum atomic E-state index is -0.569. The molecule has 0 aliphatic carbocycles. The van der Waals surface area contributed by atoms with E-state index in [1.165, 1.54) is 6.07 Å². The Balaban J connectivity index is 2.45. The van der Waals surface area contributed by atoms with Gasteiger partial charge < -0.3 is 10.1 Å². The molecule has 0 radical (unpaired) electrons. The highest BCUT2D eigenvalue weighted by Crippen LogP contribution is 2.15. The minimum absolute atomic E-state index is 0.169. The maximum atomic E-state index is 13.0.